The van der Waals surface area contributed by atoms with Crippen LogP contribution in [0, 0.1) is 11.3 Å². The zero-order valence-electron chi connectivity index (χ0n) is 14.6. The third kappa shape index (κ3) is 4.92. The first-order chi connectivity index (χ1) is 12.6. The van der Waals surface area contributed by atoms with Gasteiger partial charge in [0.25, 0.3) is 0 Å². The third-order valence-electron chi connectivity index (χ3n) is 3.71. The highest BCUT2D eigenvalue weighted by Gasteiger charge is 2.23. The molecule has 0 spiro atoms. The summed E-state index contributed by atoms with van der Waals surface area (Å²) in [6, 6.07) is 11.7. The van der Waals surface area contributed by atoms with Crippen molar-refractivity contribution in [3.05, 3.63) is 58.6 Å². The molecule has 0 radical (unpaired) electrons. The maximum absolute atomic E-state index is 12.6. The van der Waals surface area contributed by atoms with Crippen molar-refractivity contribution in [3.8, 4) is 6.07 Å². The molecular formula is C18H16ClN3O4S. The minimum Gasteiger partial charge on any atom is -0.324 e. The van der Waals surface area contributed by atoms with Crippen LogP contribution in [0.5, 0.6) is 0 Å². The van der Waals surface area contributed by atoms with Gasteiger partial charge >= 0.3 is 0 Å². The van der Waals surface area contributed by atoms with Crippen molar-refractivity contribution in [3.63, 3.8) is 0 Å². The Hall–Kier alpha value is -2.73. The van der Waals surface area contributed by atoms with Crippen LogP contribution >= 0.6 is 11.6 Å². The fourth-order valence-corrected chi connectivity index (χ4v) is 3.54. The Bertz CT molecular complexity index is 1030. The highest BCUT2D eigenvalue weighted by molar-refractivity contribution is 7.89. The number of carbonyl (C=O) groups excluding carboxylic acids is 2. The number of hydrogen-bond donors (Lipinski definition) is 1. The van der Waals surface area contributed by atoms with E-state index in [1.165, 1.54) is 56.4 Å². The van der Waals surface area contributed by atoms with E-state index in [0.29, 0.717) is 10.6 Å². The van der Waals surface area contributed by atoms with Crippen molar-refractivity contribution in [2.45, 2.75) is 11.8 Å². The summed E-state index contributed by atoms with van der Waals surface area (Å²) in [5, 5.41) is 11.9. The highest BCUT2D eigenvalue weighted by atomic mass is 35.5. The van der Waals surface area contributed by atoms with E-state index in [1.54, 1.807) is 0 Å². The lowest BCUT2D eigenvalue weighted by Gasteiger charge is -2.17. The van der Waals surface area contributed by atoms with E-state index in [-0.39, 0.29) is 21.9 Å². The zero-order valence-corrected chi connectivity index (χ0v) is 16.1. The molecule has 1 N–H and O–H groups in total. The monoisotopic (exact) mass is 405 g/mol. The number of hydrogen-bond acceptors (Lipinski definition) is 5. The van der Waals surface area contributed by atoms with E-state index in [2.05, 4.69) is 5.32 Å². The number of sulfonamides is 1. The molecule has 0 unspecified atom stereocenters. The van der Waals surface area contributed by atoms with Gasteiger partial charge in [-0.3, -0.25) is 9.59 Å². The van der Waals surface area contributed by atoms with E-state index in [0.717, 1.165) is 4.31 Å². The average Bonchev–Trinajstić information content (AvgIpc) is 2.61. The molecule has 0 saturated heterocycles. The summed E-state index contributed by atoms with van der Waals surface area (Å²) in [6.07, 6.45) is 0. The SMILES string of the molecule is CC(=O)c1ccc(S(=O)(=O)N(C)CC(=O)Nc2cc(Cl)ccc2C#N)cc1. The highest BCUT2D eigenvalue weighted by Crippen LogP contribution is 2.21. The Morgan fingerprint density at radius 1 is 1.19 bits per heavy atom. The number of ketones is 1. The van der Waals surface area contributed by atoms with Gasteiger partial charge in [-0.2, -0.15) is 9.57 Å². The van der Waals surface area contributed by atoms with Crippen LogP contribution in [0.1, 0.15) is 22.8 Å². The fraction of sp³-hybridized carbons (Fsp3) is 0.167. The molecule has 0 aliphatic rings. The maximum atomic E-state index is 12.6. The van der Waals surface area contributed by atoms with Gasteiger partial charge in [0.05, 0.1) is 22.7 Å². The predicted molar refractivity (Wildman–Crippen MR) is 101 cm³/mol. The van der Waals surface area contributed by atoms with Gasteiger partial charge in [0.15, 0.2) is 5.78 Å². The van der Waals surface area contributed by atoms with E-state index >= 15 is 0 Å². The minimum absolute atomic E-state index is 0.0386. The molecule has 0 aliphatic carbocycles. The largest absolute Gasteiger partial charge is 0.324 e. The summed E-state index contributed by atoms with van der Waals surface area (Å²) in [5.74, 6) is -0.804. The molecule has 0 aromatic heterocycles. The summed E-state index contributed by atoms with van der Waals surface area (Å²) in [5.41, 5.74) is 0.795. The number of benzene rings is 2. The Kier molecular flexibility index (Phi) is 6.33. The van der Waals surface area contributed by atoms with Crippen LogP contribution in [0.15, 0.2) is 47.4 Å². The molecule has 2 aromatic rings. The van der Waals surface area contributed by atoms with Gasteiger partial charge in [-0.1, -0.05) is 23.7 Å². The second-order valence-corrected chi connectivity index (χ2v) is 8.17. The van der Waals surface area contributed by atoms with Crippen molar-refractivity contribution in [2.75, 3.05) is 18.9 Å². The maximum Gasteiger partial charge on any atom is 0.243 e. The van der Waals surface area contributed by atoms with Gasteiger partial charge in [0.2, 0.25) is 15.9 Å². The Labute approximate surface area is 162 Å². The lowest BCUT2D eigenvalue weighted by atomic mass is 10.2. The summed E-state index contributed by atoms with van der Waals surface area (Å²) in [4.78, 5) is 23.5. The first-order valence-electron chi connectivity index (χ1n) is 7.72. The first-order valence-corrected chi connectivity index (χ1v) is 9.54. The second kappa shape index (κ2) is 8.31. The molecule has 140 valence electrons. The van der Waals surface area contributed by atoms with E-state index < -0.39 is 22.5 Å². The molecule has 0 aliphatic heterocycles. The number of carbonyl (C=O) groups is 2. The molecule has 2 rings (SSSR count). The van der Waals surface area contributed by atoms with Crippen LogP contribution in [0.2, 0.25) is 5.02 Å². The van der Waals surface area contributed by atoms with Crippen molar-refractivity contribution in [1.29, 1.82) is 5.26 Å². The summed E-state index contributed by atoms with van der Waals surface area (Å²) in [6.45, 7) is 0.916. The standard InChI is InChI=1S/C18H16ClN3O4S/c1-12(23)13-4-7-16(8-5-13)27(25,26)22(2)11-18(24)21-17-9-15(19)6-3-14(17)10-20/h3-9H,11H2,1-2H3,(H,21,24). The second-order valence-electron chi connectivity index (χ2n) is 5.69. The van der Waals surface area contributed by atoms with Crippen LogP contribution in [0.4, 0.5) is 5.69 Å². The fourth-order valence-electron chi connectivity index (χ4n) is 2.24. The van der Waals surface area contributed by atoms with Crippen molar-refractivity contribution in [1.82, 2.24) is 4.31 Å². The summed E-state index contributed by atoms with van der Waals surface area (Å²) < 4.78 is 26.0. The topological polar surface area (TPSA) is 107 Å². The molecule has 0 saturated carbocycles. The number of likely N-dealkylation sites (N-methyl/N-ethyl adjacent to an activating group) is 1. The number of nitrogens with one attached hydrogen (secondary N) is 1. The van der Waals surface area contributed by atoms with E-state index in [1.807, 2.05) is 6.07 Å². The van der Waals surface area contributed by atoms with Gasteiger partial charge < -0.3 is 5.32 Å². The Morgan fingerprint density at radius 2 is 1.81 bits per heavy atom. The first kappa shape index (κ1) is 20.6. The molecule has 7 nitrogen and oxygen atoms in total. The number of Topliss-reactive ketones (excluding diaryl/α,β-unsaturated/α-hetero) is 1. The number of amides is 1. The molecule has 2 aromatic carbocycles. The van der Waals surface area contributed by atoms with Gasteiger partial charge in [-0.15, -0.1) is 0 Å². The number of nitriles is 1. The van der Waals surface area contributed by atoms with Crippen molar-refractivity contribution >= 4 is 39.0 Å². The minimum atomic E-state index is -3.92. The van der Waals surface area contributed by atoms with Gasteiger partial charge in [-0.05, 0) is 37.3 Å². The molecular weight excluding hydrogens is 390 g/mol. The third-order valence-corrected chi connectivity index (χ3v) is 5.76. The smallest absolute Gasteiger partial charge is 0.243 e. The summed E-state index contributed by atoms with van der Waals surface area (Å²) in [7, 11) is -2.66. The quantitative estimate of drug-likeness (QED) is 0.743. The lowest BCUT2D eigenvalue weighted by Crippen LogP contribution is -2.35. The predicted octanol–water partition coefficient (Wildman–Crippen LogP) is 2.67. The Morgan fingerprint density at radius 3 is 2.37 bits per heavy atom. The molecule has 0 atom stereocenters. The van der Waals surface area contributed by atoms with Crippen LogP contribution < -0.4 is 5.32 Å². The number of halogens is 1. The number of anilines is 1. The van der Waals surface area contributed by atoms with Crippen LogP contribution in [-0.2, 0) is 14.8 Å². The normalized spacial score (nSPS) is 11.1. The average molecular weight is 406 g/mol. The molecule has 1 amide bonds. The lowest BCUT2D eigenvalue weighted by molar-refractivity contribution is -0.116. The van der Waals surface area contributed by atoms with Crippen molar-refractivity contribution < 1.29 is 18.0 Å². The van der Waals surface area contributed by atoms with Crippen LogP contribution in [0.3, 0.4) is 0 Å². The zero-order chi connectivity index (χ0) is 20.2. The number of nitrogens with zero attached hydrogens (tertiary/aromatic N) is 2. The Balaban J connectivity index is 2.14. The molecule has 9 heteroatoms. The van der Waals surface area contributed by atoms with Gasteiger partial charge in [0, 0.05) is 17.6 Å². The van der Waals surface area contributed by atoms with Crippen LogP contribution in [0.25, 0.3) is 0 Å². The van der Waals surface area contributed by atoms with Crippen molar-refractivity contribution in [2.24, 2.45) is 0 Å². The van der Waals surface area contributed by atoms with Gasteiger partial charge in [0.1, 0.15) is 6.07 Å². The molecule has 0 fully saturated rings. The van der Waals surface area contributed by atoms with E-state index in [9.17, 15) is 18.0 Å². The van der Waals surface area contributed by atoms with Gasteiger partial charge in [-0.25, -0.2) is 8.42 Å². The number of rotatable bonds is 6. The van der Waals surface area contributed by atoms with Crippen LogP contribution in [-0.4, -0.2) is 38.0 Å². The van der Waals surface area contributed by atoms with E-state index in [4.69, 9.17) is 16.9 Å². The molecule has 27 heavy (non-hydrogen) atoms. The summed E-state index contributed by atoms with van der Waals surface area (Å²) >= 11 is 5.86. The molecule has 0 heterocycles. The molecule has 0 bridgehead atoms.